The number of ether oxygens (including phenoxy) is 1. The number of hydrogen-bond acceptors (Lipinski definition) is 3. The van der Waals surface area contributed by atoms with Crippen molar-refractivity contribution < 1.29 is 9.53 Å². The van der Waals surface area contributed by atoms with E-state index in [1.54, 1.807) is 13.2 Å². The van der Waals surface area contributed by atoms with Crippen LogP contribution in [-0.2, 0) is 4.79 Å². The minimum atomic E-state index is -0.197. The Kier molecular flexibility index (Phi) is 5.12. The number of rotatable bonds is 3. The summed E-state index contributed by atoms with van der Waals surface area (Å²) in [6.45, 7) is 1.86. The first-order chi connectivity index (χ1) is 9.69. The second-order valence-electron chi connectivity index (χ2n) is 4.60. The average Bonchev–Trinajstić information content (AvgIpc) is 3.00. The molecule has 0 radical (unpaired) electrons. The summed E-state index contributed by atoms with van der Waals surface area (Å²) in [6.07, 6.45) is 5.51. The maximum absolute atomic E-state index is 11.8. The minimum absolute atomic E-state index is 0.197. The minimum Gasteiger partial charge on any atom is -0.497 e. The van der Waals surface area contributed by atoms with Gasteiger partial charge < -0.3 is 9.64 Å². The third-order valence-electron chi connectivity index (χ3n) is 3.17. The van der Waals surface area contributed by atoms with E-state index in [0.717, 1.165) is 37.2 Å². The van der Waals surface area contributed by atoms with Gasteiger partial charge in [0.15, 0.2) is 5.11 Å². The molecule has 1 heterocycles. The van der Waals surface area contributed by atoms with Gasteiger partial charge >= 0.3 is 0 Å². The first-order valence-electron chi connectivity index (χ1n) is 6.61. The summed E-state index contributed by atoms with van der Waals surface area (Å²) >= 11 is 5.20. The van der Waals surface area contributed by atoms with E-state index in [2.05, 4.69) is 5.32 Å². The van der Waals surface area contributed by atoms with Crippen molar-refractivity contribution in [2.45, 2.75) is 12.8 Å². The Morgan fingerprint density at radius 1 is 1.30 bits per heavy atom. The molecule has 1 aromatic rings. The molecule has 0 aliphatic carbocycles. The lowest BCUT2D eigenvalue weighted by Gasteiger charge is -2.17. The fraction of sp³-hybridized carbons (Fsp3) is 0.333. The highest BCUT2D eigenvalue weighted by Crippen LogP contribution is 2.12. The van der Waals surface area contributed by atoms with E-state index in [4.69, 9.17) is 17.0 Å². The highest BCUT2D eigenvalue weighted by atomic mass is 32.1. The van der Waals surface area contributed by atoms with E-state index in [9.17, 15) is 4.79 Å². The van der Waals surface area contributed by atoms with Crippen molar-refractivity contribution >= 4 is 29.3 Å². The van der Waals surface area contributed by atoms with E-state index in [0.29, 0.717) is 5.11 Å². The fourth-order valence-electron chi connectivity index (χ4n) is 2.03. The van der Waals surface area contributed by atoms with Crippen LogP contribution in [0.2, 0.25) is 0 Å². The summed E-state index contributed by atoms with van der Waals surface area (Å²) in [5.41, 5.74) is 0.938. The van der Waals surface area contributed by atoms with Gasteiger partial charge in [-0.1, -0.05) is 12.1 Å². The van der Waals surface area contributed by atoms with Gasteiger partial charge in [-0.25, -0.2) is 0 Å². The quantitative estimate of drug-likeness (QED) is 0.684. The molecular formula is C15H18N2O2S. The summed E-state index contributed by atoms with van der Waals surface area (Å²) in [7, 11) is 1.62. The van der Waals surface area contributed by atoms with Crippen LogP contribution >= 0.6 is 12.2 Å². The van der Waals surface area contributed by atoms with Crippen LogP contribution in [0.4, 0.5) is 0 Å². The first-order valence-corrected chi connectivity index (χ1v) is 7.02. The molecule has 1 saturated heterocycles. The molecule has 0 spiro atoms. The summed E-state index contributed by atoms with van der Waals surface area (Å²) < 4.78 is 5.08. The van der Waals surface area contributed by atoms with E-state index in [1.165, 1.54) is 6.08 Å². The second-order valence-corrected chi connectivity index (χ2v) is 4.98. The second kappa shape index (κ2) is 7.05. The molecule has 1 aliphatic rings. The van der Waals surface area contributed by atoms with Crippen molar-refractivity contribution in [3.8, 4) is 5.75 Å². The van der Waals surface area contributed by atoms with Gasteiger partial charge in [0.1, 0.15) is 5.75 Å². The molecule has 0 atom stereocenters. The van der Waals surface area contributed by atoms with Crippen LogP contribution in [0.15, 0.2) is 30.3 Å². The largest absolute Gasteiger partial charge is 0.497 e. The number of amides is 1. The summed E-state index contributed by atoms with van der Waals surface area (Å²) in [6, 6.07) is 7.49. The standard InChI is InChI=1S/C15H18N2O2S/c1-19-13-7-4-12(5-8-13)6-9-14(18)16-15(20)17-10-2-3-11-17/h4-9H,2-3,10-11H2,1H3,(H,16,18,20)/b9-6+. The molecule has 0 unspecified atom stereocenters. The van der Waals surface area contributed by atoms with Crippen molar-refractivity contribution in [1.29, 1.82) is 0 Å². The number of nitrogens with zero attached hydrogens (tertiary/aromatic N) is 1. The number of likely N-dealkylation sites (tertiary alicyclic amines) is 1. The molecule has 2 rings (SSSR count). The smallest absolute Gasteiger partial charge is 0.250 e. The number of thiocarbonyl (C=S) groups is 1. The zero-order valence-corrected chi connectivity index (χ0v) is 12.3. The topological polar surface area (TPSA) is 41.6 Å². The zero-order chi connectivity index (χ0) is 14.4. The Morgan fingerprint density at radius 3 is 2.55 bits per heavy atom. The van der Waals surface area contributed by atoms with E-state index < -0.39 is 0 Å². The summed E-state index contributed by atoms with van der Waals surface area (Å²) in [4.78, 5) is 13.8. The molecule has 1 fully saturated rings. The number of nitrogens with one attached hydrogen (secondary N) is 1. The number of benzene rings is 1. The molecule has 4 nitrogen and oxygen atoms in total. The average molecular weight is 290 g/mol. The highest BCUT2D eigenvalue weighted by Gasteiger charge is 2.15. The molecule has 1 amide bonds. The zero-order valence-electron chi connectivity index (χ0n) is 11.5. The van der Waals surface area contributed by atoms with Crippen molar-refractivity contribution in [1.82, 2.24) is 10.2 Å². The molecule has 5 heteroatoms. The predicted octanol–water partition coefficient (Wildman–Crippen LogP) is 2.21. The third-order valence-corrected chi connectivity index (χ3v) is 3.53. The van der Waals surface area contributed by atoms with E-state index in [-0.39, 0.29) is 5.91 Å². The Labute approximate surface area is 124 Å². The van der Waals surface area contributed by atoms with Crippen molar-refractivity contribution in [2.24, 2.45) is 0 Å². The Hall–Kier alpha value is -1.88. The molecule has 0 saturated carbocycles. The molecule has 1 aliphatic heterocycles. The number of methoxy groups -OCH3 is 1. The van der Waals surface area contributed by atoms with Crippen molar-refractivity contribution in [3.63, 3.8) is 0 Å². The van der Waals surface area contributed by atoms with Crippen molar-refractivity contribution in [3.05, 3.63) is 35.9 Å². The SMILES string of the molecule is COc1ccc(/C=C/C(=O)NC(=S)N2CCCC2)cc1. The van der Waals surface area contributed by atoms with Crippen molar-refractivity contribution in [2.75, 3.05) is 20.2 Å². The molecular weight excluding hydrogens is 272 g/mol. The number of carbonyl (C=O) groups excluding carboxylic acids is 1. The lowest BCUT2D eigenvalue weighted by atomic mass is 10.2. The van der Waals surface area contributed by atoms with Gasteiger partial charge in [0.2, 0.25) is 5.91 Å². The molecule has 0 aromatic heterocycles. The van der Waals surface area contributed by atoms with Crippen LogP contribution in [-0.4, -0.2) is 36.1 Å². The molecule has 1 N–H and O–H groups in total. The Balaban J connectivity index is 1.86. The van der Waals surface area contributed by atoms with Gasteiger partial charge in [-0.2, -0.15) is 0 Å². The molecule has 20 heavy (non-hydrogen) atoms. The van der Waals surface area contributed by atoms with Crippen LogP contribution in [0.1, 0.15) is 18.4 Å². The Bertz CT molecular complexity index is 505. The molecule has 106 valence electrons. The maximum Gasteiger partial charge on any atom is 0.250 e. The lowest BCUT2D eigenvalue weighted by Crippen LogP contribution is -2.40. The van der Waals surface area contributed by atoms with Crippen LogP contribution in [0.3, 0.4) is 0 Å². The summed E-state index contributed by atoms with van der Waals surface area (Å²) in [5, 5.41) is 3.24. The van der Waals surface area contributed by atoms with Gasteiger partial charge in [-0.05, 0) is 48.8 Å². The predicted molar refractivity (Wildman–Crippen MR) is 83.6 cm³/mol. The van der Waals surface area contributed by atoms with Crippen LogP contribution < -0.4 is 10.1 Å². The van der Waals surface area contributed by atoms with Gasteiger partial charge in [-0.15, -0.1) is 0 Å². The monoisotopic (exact) mass is 290 g/mol. The van der Waals surface area contributed by atoms with E-state index >= 15 is 0 Å². The first kappa shape index (κ1) is 14.5. The lowest BCUT2D eigenvalue weighted by molar-refractivity contribution is -0.115. The van der Waals surface area contributed by atoms with Gasteiger partial charge in [-0.3, -0.25) is 10.1 Å². The third kappa shape index (κ3) is 4.06. The maximum atomic E-state index is 11.8. The van der Waals surface area contributed by atoms with Crippen LogP contribution in [0.5, 0.6) is 5.75 Å². The van der Waals surface area contributed by atoms with Crippen LogP contribution in [0.25, 0.3) is 6.08 Å². The van der Waals surface area contributed by atoms with Gasteiger partial charge in [0.25, 0.3) is 0 Å². The fourth-order valence-corrected chi connectivity index (χ4v) is 2.32. The van der Waals surface area contributed by atoms with Gasteiger partial charge in [0, 0.05) is 19.2 Å². The van der Waals surface area contributed by atoms with Gasteiger partial charge in [0.05, 0.1) is 7.11 Å². The highest BCUT2D eigenvalue weighted by molar-refractivity contribution is 7.80. The number of hydrogen-bond donors (Lipinski definition) is 1. The number of carbonyl (C=O) groups is 1. The molecule has 0 bridgehead atoms. The normalized spacial score (nSPS) is 14.6. The van der Waals surface area contributed by atoms with Crippen LogP contribution in [0, 0.1) is 0 Å². The summed E-state index contributed by atoms with van der Waals surface area (Å²) in [5.74, 6) is 0.597. The molecule has 1 aromatic carbocycles. The van der Waals surface area contributed by atoms with E-state index in [1.807, 2.05) is 29.2 Å². The Morgan fingerprint density at radius 2 is 1.95 bits per heavy atom.